The van der Waals surface area contributed by atoms with Crippen molar-refractivity contribution in [1.29, 1.82) is 0 Å². The van der Waals surface area contributed by atoms with E-state index in [1.54, 1.807) is 19.0 Å². The summed E-state index contributed by atoms with van der Waals surface area (Å²) in [5.41, 5.74) is 0. The number of nitrogens with zero attached hydrogens (tertiary/aromatic N) is 3. The van der Waals surface area contributed by atoms with Crippen molar-refractivity contribution in [2.45, 2.75) is 19.3 Å². The molecule has 0 spiro atoms. The van der Waals surface area contributed by atoms with Crippen molar-refractivity contribution >= 4 is 11.8 Å². The van der Waals surface area contributed by atoms with E-state index in [9.17, 15) is 9.59 Å². The number of piperazine rings is 1. The van der Waals surface area contributed by atoms with E-state index >= 15 is 0 Å². The van der Waals surface area contributed by atoms with Gasteiger partial charge < -0.3 is 15.1 Å². The Balaban J connectivity index is 1.70. The van der Waals surface area contributed by atoms with Crippen LogP contribution in [0.1, 0.15) is 19.3 Å². The van der Waals surface area contributed by atoms with E-state index in [2.05, 4.69) is 10.2 Å². The maximum Gasteiger partial charge on any atom is 0.236 e. The lowest BCUT2D eigenvalue weighted by molar-refractivity contribution is -0.135. The minimum absolute atomic E-state index is 0.129. The highest BCUT2D eigenvalue weighted by molar-refractivity contribution is 5.78. The number of hydrogen-bond acceptors (Lipinski definition) is 4. The van der Waals surface area contributed by atoms with Gasteiger partial charge in [-0.3, -0.25) is 14.5 Å². The normalized spacial score (nSPS) is 21.3. The summed E-state index contributed by atoms with van der Waals surface area (Å²) in [6, 6.07) is 0. The fourth-order valence-electron chi connectivity index (χ4n) is 2.95. The van der Waals surface area contributed by atoms with E-state index in [1.165, 1.54) is 0 Å². The number of hydrogen-bond donors (Lipinski definition) is 1. The van der Waals surface area contributed by atoms with E-state index in [0.29, 0.717) is 24.8 Å². The van der Waals surface area contributed by atoms with Crippen LogP contribution in [0.5, 0.6) is 0 Å². The summed E-state index contributed by atoms with van der Waals surface area (Å²) in [6.07, 6.45) is 2.92. The summed E-state index contributed by atoms with van der Waals surface area (Å²) in [5, 5.41) is 3.33. The summed E-state index contributed by atoms with van der Waals surface area (Å²) in [6.45, 7) is 5.66. The van der Waals surface area contributed by atoms with Crippen molar-refractivity contribution < 1.29 is 9.59 Å². The van der Waals surface area contributed by atoms with Crippen LogP contribution in [-0.2, 0) is 9.59 Å². The largest absolute Gasteiger partial charge is 0.348 e. The Kier molecular flexibility index (Phi) is 5.99. The van der Waals surface area contributed by atoms with Gasteiger partial charge in [-0.1, -0.05) is 0 Å². The van der Waals surface area contributed by atoms with Gasteiger partial charge in [0.2, 0.25) is 11.8 Å². The average molecular weight is 296 g/mol. The molecule has 2 heterocycles. The number of carbonyl (C=O) groups excluding carboxylic acids is 2. The highest BCUT2D eigenvalue weighted by atomic mass is 16.2. The van der Waals surface area contributed by atoms with Gasteiger partial charge >= 0.3 is 0 Å². The molecule has 2 fully saturated rings. The quantitative estimate of drug-likeness (QED) is 0.768. The highest BCUT2D eigenvalue weighted by Crippen LogP contribution is 2.17. The van der Waals surface area contributed by atoms with Gasteiger partial charge in [0, 0.05) is 46.7 Å². The van der Waals surface area contributed by atoms with E-state index < -0.39 is 0 Å². The van der Waals surface area contributed by atoms with E-state index in [1.807, 2.05) is 4.90 Å². The molecule has 0 bridgehead atoms. The minimum atomic E-state index is 0.129. The number of nitrogens with one attached hydrogen (secondary N) is 1. The minimum Gasteiger partial charge on any atom is -0.348 e. The molecule has 0 aromatic rings. The Hall–Kier alpha value is -1.14. The fraction of sp³-hybridized carbons (Fsp3) is 0.867. The molecular formula is C15H28N4O2. The second-order valence-electron chi connectivity index (χ2n) is 6.34. The third-order valence-corrected chi connectivity index (χ3v) is 4.50. The van der Waals surface area contributed by atoms with Gasteiger partial charge in [-0.2, -0.15) is 0 Å². The topological polar surface area (TPSA) is 55.9 Å². The van der Waals surface area contributed by atoms with Crippen molar-refractivity contribution in [2.24, 2.45) is 5.92 Å². The highest BCUT2D eigenvalue weighted by Gasteiger charge is 2.25. The van der Waals surface area contributed by atoms with Gasteiger partial charge in [-0.05, 0) is 31.8 Å². The van der Waals surface area contributed by atoms with Crippen LogP contribution in [0.3, 0.4) is 0 Å². The van der Waals surface area contributed by atoms with Crippen LogP contribution in [-0.4, -0.2) is 86.4 Å². The summed E-state index contributed by atoms with van der Waals surface area (Å²) < 4.78 is 0. The maximum absolute atomic E-state index is 12.3. The van der Waals surface area contributed by atoms with Crippen LogP contribution >= 0.6 is 0 Å². The lowest BCUT2D eigenvalue weighted by atomic mass is 9.94. The molecule has 6 heteroatoms. The number of likely N-dealkylation sites (N-methyl/N-ethyl adjacent to an activating group) is 1. The summed E-state index contributed by atoms with van der Waals surface area (Å²) in [4.78, 5) is 29.7. The predicted molar refractivity (Wildman–Crippen MR) is 81.9 cm³/mol. The zero-order chi connectivity index (χ0) is 15.2. The van der Waals surface area contributed by atoms with Crippen LogP contribution in [0.2, 0.25) is 0 Å². The number of amides is 2. The number of rotatable bonds is 4. The smallest absolute Gasteiger partial charge is 0.236 e. The Morgan fingerprint density at radius 3 is 2.29 bits per heavy atom. The van der Waals surface area contributed by atoms with Crippen molar-refractivity contribution in [1.82, 2.24) is 20.0 Å². The first-order chi connectivity index (χ1) is 10.1. The molecule has 0 aromatic heterocycles. The second kappa shape index (κ2) is 7.75. The van der Waals surface area contributed by atoms with Crippen LogP contribution in [0.25, 0.3) is 0 Å². The maximum atomic E-state index is 12.3. The van der Waals surface area contributed by atoms with Crippen LogP contribution in [0.15, 0.2) is 0 Å². The van der Waals surface area contributed by atoms with Gasteiger partial charge in [0.1, 0.15) is 0 Å². The molecule has 0 aromatic carbocycles. The molecule has 21 heavy (non-hydrogen) atoms. The predicted octanol–water partition coefficient (Wildman–Crippen LogP) is -0.391. The summed E-state index contributed by atoms with van der Waals surface area (Å²) in [5.74, 6) is 0.970. The SMILES string of the molecule is CN(C)C(=O)CN1CCN(C(=O)CC2CCNCC2)CC1. The third-order valence-electron chi connectivity index (χ3n) is 4.50. The van der Waals surface area contributed by atoms with Gasteiger partial charge in [0.05, 0.1) is 6.54 Å². The van der Waals surface area contributed by atoms with Gasteiger partial charge in [-0.15, -0.1) is 0 Å². The molecule has 120 valence electrons. The monoisotopic (exact) mass is 296 g/mol. The van der Waals surface area contributed by atoms with Crippen molar-refractivity contribution in [3.63, 3.8) is 0 Å². The first-order valence-electron chi connectivity index (χ1n) is 7.97. The molecule has 0 radical (unpaired) electrons. The molecule has 0 aliphatic carbocycles. The Labute approximate surface area is 127 Å². The molecule has 0 unspecified atom stereocenters. The molecule has 6 nitrogen and oxygen atoms in total. The first-order valence-corrected chi connectivity index (χ1v) is 7.97. The Bertz CT molecular complexity index is 359. The molecule has 2 amide bonds. The van der Waals surface area contributed by atoms with Gasteiger partial charge in [-0.25, -0.2) is 0 Å². The zero-order valence-corrected chi connectivity index (χ0v) is 13.3. The number of piperidine rings is 1. The lowest BCUT2D eigenvalue weighted by Gasteiger charge is -2.35. The van der Waals surface area contributed by atoms with Crippen molar-refractivity contribution in [3.05, 3.63) is 0 Å². The first kappa shape index (κ1) is 16.2. The number of carbonyl (C=O) groups is 2. The fourth-order valence-corrected chi connectivity index (χ4v) is 2.95. The summed E-state index contributed by atoms with van der Waals surface area (Å²) >= 11 is 0. The second-order valence-corrected chi connectivity index (χ2v) is 6.34. The van der Waals surface area contributed by atoms with Gasteiger partial charge in [0.25, 0.3) is 0 Å². The molecule has 1 N–H and O–H groups in total. The molecule has 2 aliphatic heterocycles. The lowest BCUT2D eigenvalue weighted by Crippen LogP contribution is -2.51. The molecule has 2 saturated heterocycles. The van der Waals surface area contributed by atoms with E-state index in [0.717, 1.165) is 52.1 Å². The van der Waals surface area contributed by atoms with Crippen LogP contribution in [0, 0.1) is 5.92 Å². The Morgan fingerprint density at radius 2 is 1.71 bits per heavy atom. The average Bonchev–Trinajstić information content (AvgIpc) is 2.48. The molecule has 0 saturated carbocycles. The van der Waals surface area contributed by atoms with Crippen LogP contribution in [0.4, 0.5) is 0 Å². The van der Waals surface area contributed by atoms with Crippen molar-refractivity contribution in [3.8, 4) is 0 Å². The molecular weight excluding hydrogens is 268 g/mol. The zero-order valence-electron chi connectivity index (χ0n) is 13.3. The summed E-state index contributed by atoms with van der Waals surface area (Å²) in [7, 11) is 3.56. The molecule has 0 atom stereocenters. The molecule has 2 aliphatic rings. The van der Waals surface area contributed by atoms with Gasteiger partial charge in [0.15, 0.2) is 0 Å². The standard InChI is InChI=1S/C15H28N4O2/c1-17(2)15(21)12-18-7-9-19(10-8-18)14(20)11-13-3-5-16-6-4-13/h13,16H,3-12H2,1-2H3. The van der Waals surface area contributed by atoms with Crippen LogP contribution < -0.4 is 5.32 Å². The Morgan fingerprint density at radius 1 is 1.10 bits per heavy atom. The van der Waals surface area contributed by atoms with Crippen molar-refractivity contribution in [2.75, 3.05) is 59.9 Å². The molecule has 2 rings (SSSR count). The van der Waals surface area contributed by atoms with E-state index in [4.69, 9.17) is 0 Å². The van der Waals surface area contributed by atoms with E-state index in [-0.39, 0.29) is 5.91 Å². The third kappa shape index (κ3) is 4.97.